The zero-order valence-electron chi connectivity index (χ0n) is 15.1. The molecule has 4 heteroatoms. The van der Waals surface area contributed by atoms with E-state index in [0.29, 0.717) is 6.61 Å². The SMILES string of the molecule is CCOc1ccccc1/C=C/C(=O)N[C@H](CN(C)C)c1ccccc1. The van der Waals surface area contributed by atoms with Crippen LogP contribution in [0.1, 0.15) is 24.1 Å². The summed E-state index contributed by atoms with van der Waals surface area (Å²) in [6.07, 6.45) is 3.35. The standard InChI is InChI=1S/C21H26N2O2/c1-4-25-20-13-9-8-12-18(20)14-15-21(24)22-19(16-23(2)3)17-10-6-5-7-11-17/h5-15,19H,4,16H2,1-3H3,(H,22,24)/b15-14+/t19-/m1/s1. The highest BCUT2D eigenvalue weighted by Crippen LogP contribution is 2.19. The van der Waals surface area contributed by atoms with Crippen LogP contribution in [0.25, 0.3) is 6.08 Å². The molecule has 1 N–H and O–H groups in total. The van der Waals surface area contributed by atoms with Crippen LogP contribution >= 0.6 is 0 Å². The number of ether oxygens (including phenoxy) is 1. The van der Waals surface area contributed by atoms with Crippen LogP contribution < -0.4 is 10.1 Å². The largest absolute Gasteiger partial charge is 0.493 e. The van der Waals surface area contributed by atoms with Gasteiger partial charge in [-0.3, -0.25) is 4.79 Å². The van der Waals surface area contributed by atoms with Gasteiger partial charge in [-0.05, 0) is 38.7 Å². The monoisotopic (exact) mass is 338 g/mol. The van der Waals surface area contributed by atoms with Crippen molar-refractivity contribution in [2.75, 3.05) is 27.2 Å². The van der Waals surface area contributed by atoms with Crippen LogP contribution in [0.4, 0.5) is 0 Å². The fourth-order valence-corrected chi connectivity index (χ4v) is 2.58. The van der Waals surface area contributed by atoms with Gasteiger partial charge in [0.05, 0.1) is 12.6 Å². The van der Waals surface area contributed by atoms with Gasteiger partial charge in [0.1, 0.15) is 5.75 Å². The molecule has 2 aromatic carbocycles. The van der Waals surface area contributed by atoms with Gasteiger partial charge in [0.25, 0.3) is 0 Å². The number of nitrogens with zero attached hydrogens (tertiary/aromatic N) is 1. The van der Waals surface area contributed by atoms with Crippen molar-refractivity contribution in [2.45, 2.75) is 13.0 Å². The number of carbonyl (C=O) groups is 1. The zero-order chi connectivity index (χ0) is 18.1. The molecule has 0 saturated carbocycles. The Morgan fingerprint density at radius 3 is 2.48 bits per heavy atom. The van der Waals surface area contributed by atoms with Crippen LogP contribution in [0.15, 0.2) is 60.7 Å². The molecule has 0 aliphatic rings. The zero-order valence-corrected chi connectivity index (χ0v) is 15.1. The Kier molecular flexibility index (Phi) is 7.23. The predicted molar refractivity (Wildman–Crippen MR) is 103 cm³/mol. The Labute approximate surface area is 150 Å². The highest BCUT2D eigenvalue weighted by atomic mass is 16.5. The van der Waals surface area contributed by atoms with E-state index in [1.807, 2.05) is 75.6 Å². The minimum absolute atomic E-state index is 0.0597. The summed E-state index contributed by atoms with van der Waals surface area (Å²) in [6, 6.07) is 17.6. The third-order valence-electron chi connectivity index (χ3n) is 3.70. The second kappa shape index (κ2) is 9.64. The average Bonchev–Trinajstić information content (AvgIpc) is 2.61. The summed E-state index contributed by atoms with van der Waals surface area (Å²) in [5, 5.41) is 3.08. The summed E-state index contributed by atoms with van der Waals surface area (Å²) in [4.78, 5) is 14.5. The quantitative estimate of drug-likeness (QED) is 0.749. The lowest BCUT2D eigenvalue weighted by Crippen LogP contribution is -2.34. The van der Waals surface area contributed by atoms with Crippen LogP contribution in [0, 0.1) is 0 Å². The van der Waals surface area contributed by atoms with E-state index in [2.05, 4.69) is 10.2 Å². The normalized spacial score (nSPS) is 12.3. The van der Waals surface area contributed by atoms with Gasteiger partial charge in [0.2, 0.25) is 5.91 Å². The number of likely N-dealkylation sites (N-methyl/N-ethyl adjacent to an activating group) is 1. The molecule has 0 bridgehead atoms. The molecular formula is C21H26N2O2. The fourth-order valence-electron chi connectivity index (χ4n) is 2.58. The molecular weight excluding hydrogens is 312 g/mol. The maximum Gasteiger partial charge on any atom is 0.244 e. The lowest BCUT2D eigenvalue weighted by molar-refractivity contribution is -0.117. The van der Waals surface area contributed by atoms with Crippen LogP contribution in [-0.2, 0) is 4.79 Å². The van der Waals surface area contributed by atoms with Gasteiger partial charge in [0, 0.05) is 18.2 Å². The number of carbonyl (C=O) groups excluding carboxylic acids is 1. The minimum atomic E-state index is -0.123. The van der Waals surface area contributed by atoms with E-state index in [0.717, 1.165) is 23.4 Å². The molecule has 0 radical (unpaired) electrons. The van der Waals surface area contributed by atoms with Gasteiger partial charge in [-0.1, -0.05) is 48.5 Å². The van der Waals surface area contributed by atoms with Crippen LogP contribution in [0.5, 0.6) is 5.75 Å². The number of para-hydroxylation sites is 1. The van der Waals surface area contributed by atoms with Gasteiger partial charge in [0.15, 0.2) is 0 Å². The first-order valence-electron chi connectivity index (χ1n) is 8.50. The van der Waals surface area contributed by atoms with Crippen molar-refractivity contribution < 1.29 is 9.53 Å². The van der Waals surface area contributed by atoms with Crippen molar-refractivity contribution in [3.8, 4) is 5.75 Å². The molecule has 0 aliphatic heterocycles. The highest BCUT2D eigenvalue weighted by Gasteiger charge is 2.14. The first kappa shape index (κ1) is 18.7. The molecule has 4 nitrogen and oxygen atoms in total. The van der Waals surface area contributed by atoms with Crippen LogP contribution in [0.2, 0.25) is 0 Å². The minimum Gasteiger partial charge on any atom is -0.493 e. The second-order valence-electron chi connectivity index (χ2n) is 6.04. The lowest BCUT2D eigenvalue weighted by atomic mass is 10.1. The number of nitrogens with one attached hydrogen (secondary N) is 1. The first-order chi connectivity index (χ1) is 12.1. The maximum atomic E-state index is 12.4. The predicted octanol–water partition coefficient (Wildman–Crippen LogP) is 3.52. The molecule has 0 aliphatic carbocycles. The van der Waals surface area contributed by atoms with Crippen molar-refractivity contribution in [3.05, 3.63) is 71.8 Å². The van der Waals surface area contributed by atoms with Gasteiger partial charge in [-0.25, -0.2) is 0 Å². The molecule has 1 atom stereocenters. The van der Waals surface area contributed by atoms with Crippen molar-refractivity contribution in [1.82, 2.24) is 10.2 Å². The third-order valence-corrected chi connectivity index (χ3v) is 3.70. The number of amides is 1. The summed E-state index contributed by atoms with van der Waals surface area (Å²) in [7, 11) is 3.99. The van der Waals surface area contributed by atoms with Crippen molar-refractivity contribution in [1.29, 1.82) is 0 Å². The maximum absolute atomic E-state index is 12.4. The van der Waals surface area contributed by atoms with Crippen LogP contribution in [-0.4, -0.2) is 38.1 Å². The first-order valence-corrected chi connectivity index (χ1v) is 8.50. The molecule has 1 amide bonds. The van der Waals surface area contributed by atoms with Crippen LogP contribution in [0.3, 0.4) is 0 Å². The average molecular weight is 338 g/mol. The second-order valence-corrected chi connectivity index (χ2v) is 6.04. The smallest absolute Gasteiger partial charge is 0.244 e. The highest BCUT2D eigenvalue weighted by molar-refractivity contribution is 5.92. The van der Waals surface area contributed by atoms with E-state index in [-0.39, 0.29) is 11.9 Å². The molecule has 0 spiro atoms. The van der Waals surface area contributed by atoms with E-state index in [1.165, 1.54) is 0 Å². The molecule has 25 heavy (non-hydrogen) atoms. The number of hydrogen-bond donors (Lipinski definition) is 1. The Hall–Kier alpha value is -2.59. The summed E-state index contributed by atoms with van der Waals surface area (Å²) in [5.74, 6) is 0.656. The van der Waals surface area contributed by atoms with E-state index >= 15 is 0 Å². The topological polar surface area (TPSA) is 41.6 Å². The van der Waals surface area contributed by atoms with Gasteiger partial charge in [-0.2, -0.15) is 0 Å². The lowest BCUT2D eigenvalue weighted by Gasteiger charge is -2.22. The Morgan fingerprint density at radius 1 is 1.12 bits per heavy atom. The molecule has 2 rings (SSSR count). The molecule has 0 aromatic heterocycles. The van der Waals surface area contributed by atoms with Crippen molar-refractivity contribution in [2.24, 2.45) is 0 Å². The summed E-state index contributed by atoms with van der Waals surface area (Å²) in [6.45, 7) is 3.27. The molecule has 0 heterocycles. The number of benzene rings is 2. The van der Waals surface area contributed by atoms with E-state index < -0.39 is 0 Å². The van der Waals surface area contributed by atoms with E-state index in [4.69, 9.17) is 4.74 Å². The van der Waals surface area contributed by atoms with E-state index in [1.54, 1.807) is 12.2 Å². The van der Waals surface area contributed by atoms with E-state index in [9.17, 15) is 4.79 Å². The summed E-state index contributed by atoms with van der Waals surface area (Å²) < 4.78 is 5.58. The Morgan fingerprint density at radius 2 is 1.80 bits per heavy atom. The van der Waals surface area contributed by atoms with Crippen molar-refractivity contribution in [3.63, 3.8) is 0 Å². The van der Waals surface area contributed by atoms with Gasteiger partial charge in [-0.15, -0.1) is 0 Å². The fraction of sp³-hybridized carbons (Fsp3) is 0.286. The third kappa shape index (κ3) is 6.08. The molecule has 0 saturated heterocycles. The summed E-state index contributed by atoms with van der Waals surface area (Å²) in [5.41, 5.74) is 1.98. The molecule has 0 fully saturated rings. The van der Waals surface area contributed by atoms with Gasteiger partial charge < -0.3 is 15.0 Å². The van der Waals surface area contributed by atoms with Gasteiger partial charge >= 0.3 is 0 Å². The molecule has 2 aromatic rings. The molecule has 0 unspecified atom stereocenters. The van der Waals surface area contributed by atoms with Crippen molar-refractivity contribution >= 4 is 12.0 Å². The number of rotatable bonds is 8. The Bertz CT molecular complexity index is 696. The summed E-state index contributed by atoms with van der Waals surface area (Å²) >= 11 is 0. The Balaban J connectivity index is 2.08. The molecule has 132 valence electrons. The number of hydrogen-bond acceptors (Lipinski definition) is 3.